The Morgan fingerprint density at radius 1 is 1.21 bits per heavy atom. The van der Waals surface area contributed by atoms with Crippen molar-refractivity contribution in [3.05, 3.63) is 44.7 Å². The lowest BCUT2D eigenvalue weighted by Crippen LogP contribution is -2.19. The van der Waals surface area contributed by atoms with E-state index in [9.17, 15) is 4.79 Å². The van der Waals surface area contributed by atoms with Crippen LogP contribution in [0.3, 0.4) is 0 Å². The summed E-state index contributed by atoms with van der Waals surface area (Å²) in [6.45, 7) is 6.89. The fourth-order valence-electron chi connectivity index (χ4n) is 2.39. The maximum Gasteiger partial charge on any atom is 0.271 e. The van der Waals surface area contributed by atoms with Gasteiger partial charge < -0.3 is 5.32 Å². The first-order valence-electron chi connectivity index (χ1n) is 6.47. The summed E-state index contributed by atoms with van der Waals surface area (Å²) >= 11 is 0. The average molecular weight is 259 g/mol. The summed E-state index contributed by atoms with van der Waals surface area (Å²) in [6.07, 6.45) is 0. The maximum absolute atomic E-state index is 12.1. The Balaban J connectivity index is 2.69. The molecular weight excluding hydrogens is 238 g/mol. The molecule has 0 radical (unpaired) electrons. The van der Waals surface area contributed by atoms with Crippen LogP contribution in [-0.2, 0) is 13.6 Å². The number of benzene rings is 1. The standard InChI is InChI=1S/C15H21N3O/c1-9-6-7-12(11(3)10(9)2)14-13(8-16-4)15(19)18(5)17-14/h6-7,16-17H,8H2,1-5H3. The van der Waals surface area contributed by atoms with E-state index < -0.39 is 0 Å². The number of hydrogen-bond donors (Lipinski definition) is 2. The molecule has 1 aromatic heterocycles. The van der Waals surface area contributed by atoms with Gasteiger partial charge in [-0.15, -0.1) is 0 Å². The highest BCUT2D eigenvalue weighted by molar-refractivity contribution is 5.68. The Labute approximate surface area is 113 Å². The van der Waals surface area contributed by atoms with Gasteiger partial charge in [-0.25, -0.2) is 0 Å². The van der Waals surface area contributed by atoms with E-state index in [1.807, 2.05) is 7.05 Å². The van der Waals surface area contributed by atoms with Gasteiger partial charge >= 0.3 is 0 Å². The highest BCUT2D eigenvalue weighted by atomic mass is 16.1. The van der Waals surface area contributed by atoms with Crippen molar-refractivity contribution < 1.29 is 0 Å². The van der Waals surface area contributed by atoms with E-state index in [2.05, 4.69) is 43.3 Å². The van der Waals surface area contributed by atoms with E-state index in [1.54, 1.807) is 7.05 Å². The van der Waals surface area contributed by atoms with Crippen molar-refractivity contribution >= 4 is 0 Å². The summed E-state index contributed by atoms with van der Waals surface area (Å²) in [4.78, 5) is 12.1. The Bertz CT molecular complexity index is 665. The summed E-state index contributed by atoms with van der Waals surface area (Å²) in [5.41, 5.74) is 6.61. The summed E-state index contributed by atoms with van der Waals surface area (Å²) in [5, 5.41) is 6.23. The second-order valence-electron chi connectivity index (χ2n) is 5.04. The number of aryl methyl sites for hydroxylation is 2. The van der Waals surface area contributed by atoms with Gasteiger partial charge in [-0.3, -0.25) is 14.6 Å². The molecule has 0 fully saturated rings. The van der Waals surface area contributed by atoms with Crippen LogP contribution < -0.4 is 10.9 Å². The number of aromatic nitrogens is 2. The van der Waals surface area contributed by atoms with Crippen LogP contribution in [0.15, 0.2) is 16.9 Å². The van der Waals surface area contributed by atoms with Crippen molar-refractivity contribution in [1.29, 1.82) is 0 Å². The van der Waals surface area contributed by atoms with Crippen LogP contribution >= 0.6 is 0 Å². The summed E-state index contributed by atoms with van der Waals surface area (Å²) in [6, 6.07) is 4.19. The lowest BCUT2D eigenvalue weighted by molar-refractivity contribution is 0.734. The first-order chi connectivity index (χ1) is 8.97. The first-order valence-corrected chi connectivity index (χ1v) is 6.47. The topological polar surface area (TPSA) is 49.8 Å². The monoisotopic (exact) mass is 259 g/mol. The molecule has 0 aliphatic rings. The molecule has 0 aliphatic heterocycles. The minimum absolute atomic E-state index is 0.0296. The first kappa shape index (κ1) is 13.6. The zero-order chi connectivity index (χ0) is 14.2. The summed E-state index contributed by atoms with van der Waals surface area (Å²) in [7, 11) is 3.60. The Morgan fingerprint density at radius 2 is 1.89 bits per heavy atom. The number of H-pyrrole nitrogens is 1. The lowest BCUT2D eigenvalue weighted by Gasteiger charge is -2.11. The molecule has 2 rings (SSSR count). The van der Waals surface area contributed by atoms with Crippen LogP contribution in [0.25, 0.3) is 11.3 Å². The molecule has 4 nitrogen and oxygen atoms in total. The van der Waals surface area contributed by atoms with Crippen molar-refractivity contribution in [3.8, 4) is 11.3 Å². The molecule has 1 aromatic carbocycles. The van der Waals surface area contributed by atoms with Gasteiger partial charge in [0, 0.05) is 19.2 Å². The van der Waals surface area contributed by atoms with Crippen LogP contribution in [0.1, 0.15) is 22.3 Å². The van der Waals surface area contributed by atoms with Crippen molar-refractivity contribution in [2.24, 2.45) is 7.05 Å². The zero-order valence-corrected chi connectivity index (χ0v) is 12.2. The molecular formula is C15H21N3O. The molecule has 0 atom stereocenters. The Morgan fingerprint density at radius 3 is 2.53 bits per heavy atom. The summed E-state index contributed by atoms with van der Waals surface area (Å²) < 4.78 is 1.54. The molecule has 2 aromatic rings. The number of hydrogen-bond acceptors (Lipinski definition) is 2. The third-order valence-corrected chi connectivity index (χ3v) is 3.82. The fraction of sp³-hybridized carbons (Fsp3) is 0.400. The Hall–Kier alpha value is -1.81. The highest BCUT2D eigenvalue weighted by Gasteiger charge is 2.16. The van der Waals surface area contributed by atoms with E-state index in [0.717, 1.165) is 16.8 Å². The third kappa shape index (κ3) is 2.24. The second kappa shape index (κ2) is 5.05. The molecule has 4 heteroatoms. The average Bonchev–Trinajstić information content (AvgIpc) is 2.65. The van der Waals surface area contributed by atoms with Gasteiger partial charge in [-0.2, -0.15) is 0 Å². The van der Waals surface area contributed by atoms with Crippen molar-refractivity contribution in [3.63, 3.8) is 0 Å². The zero-order valence-electron chi connectivity index (χ0n) is 12.2. The third-order valence-electron chi connectivity index (χ3n) is 3.82. The molecule has 102 valence electrons. The van der Waals surface area contributed by atoms with Gasteiger partial charge in [-0.1, -0.05) is 12.1 Å². The van der Waals surface area contributed by atoms with Crippen LogP contribution in [0.2, 0.25) is 0 Å². The maximum atomic E-state index is 12.1. The smallest absolute Gasteiger partial charge is 0.271 e. The quantitative estimate of drug-likeness (QED) is 0.886. The largest absolute Gasteiger partial charge is 0.315 e. The molecule has 0 spiro atoms. The van der Waals surface area contributed by atoms with Gasteiger partial charge in [0.2, 0.25) is 0 Å². The molecule has 0 saturated heterocycles. The molecule has 0 unspecified atom stereocenters. The van der Waals surface area contributed by atoms with Crippen LogP contribution in [-0.4, -0.2) is 16.8 Å². The highest BCUT2D eigenvalue weighted by Crippen LogP contribution is 2.27. The predicted molar refractivity (Wildman–Crippen MR) is 78.4 cm³/mol. The normalized spacial score (nSPS) is 11.0. The van der Waals surface area contributed by atoms with Gasteiger partial charge in [-0.05, 0) is 44.5 Å². The van der Waals surface area contributed by atoms with Crippen LogP contribution in [0, 0.1) is 20.8 Å². The van der Waals surface area contributed by atoms with Crippen molar-refractivity contribution in [2.75, 3.05) is 7.05 Å². The molecule has 1 heterocycles. The van der Waals surface area contributed by atoms with E-state index in [4.69, 9.17) is 0 Å². The van der Waals surface area contributed by atoms with E-state index in [-0.39, 0.29) is 5.56 Å². The van der Waals surface area contributed by atoms with Crippen molar-refractivity contribution in [1.82, 2.24) is 15.1 Å². The molecule has 0 saturated carbocycles. The minimum atomic E-state index is 0.0296. The molecule has 19 heavy (non-hydrogen) atoms. The van der Waals surface area contributed by atoms with Crippen molar-refractivity contribution in [2.45, 2.75) is 27.3 Å². The second-order valence-corrected chi connectivity index (χ2v) is 5.04. The Kier molecular flexibility index (Phi) is 3.62. The predicted octanol–water partition coefficient (Wildman–Crippen LogP) is 2.03. The number of aromatic amines is 1. The minimum Gasteiger partial charge on any atom is -0.315 e. The molecule has 2 N–H and O–H groups in total. The van der Waals surface area contributed by atoms with Gasteiger partial charge in [0.05, 0.1) is 11.3 Å². The van der Waals surface area contributed by atoms with Gasteiger partial charge in [0.15, 0.2) is 0 Å². The van der Waals surface area contributed by atoms with E-state index in [0.29, 0.717) is 6.54 Å². The SMILES string of the molecule is CNCc1c(-c2ccc(C)c(C)c2C)[nH]n(C)c1=O. The van der Waals surface area contributed by atoms with E-state index in [1.165, 1.54) is 21.4 Å². The molecule has 0 amide bonds. The number of nitrogens with zero attached hydrogens (tertiary/aromatic N) is 1. The molecule has 0 aliphatic carbocycles. The van der Waals surface area contributed by atoms with Gasteiger partial charge in [0.25, 0.3) is 5.56 Å². The van der Waals surface area contributed by atoms with Gasteiger partial charge in [0.1, 0.15) is 0 Å². The van der Waals surface area contributed by atoms with E-state index >= 15 is 0 Å². The lowest BCUT2D eigenvalue weighted by atomic mass is 9.95. The molecule has 0 bridgehead atoms. The fourth-order valence-corrected chi connectivity index (χ4v) is 2.39. The number of nitrogens with one attached hydrogen (secondary N) is 2. The van der Waals surface area contributed by atoms with Crippen LogP contribution in [0.5, 0.6) is 0 Å². The summed E-state index contributed by atoms with van der Waals surface area (Å²) in [5.74, 6) is 0. The van der Waals surface area contributed by atoms with Crippen LogP contribution in [0.4, 0.5) is 0 Å². The number of rotatable bonds is 3.